The zero-order valence-corrected chi connectivity index (χ0v) is 54.5. The van der Waals surface area contributed by atoms with Gasteiger partial charge in [0, 0.05) is 117 Å². The molecule has 0 fully saturated rings. The molecule has 0 radical (unpaired) electrons. The number of carbonyl (C=O) groups excluding carboxylic acids is 5. The number of nitrogens with zero attached hydrogens (tertiary/aromatic N) is 5. The van der Waals surface area contributed by atoms with Crippen LogP contribution in [0, 0.1) is 11.3 Å². The molecule has 0 aliphatic carbocycles. The van der Waals surface area contributed by atoms with Crippen molar-refractivity contribution in [1.82, 2.24) is 50.1 Å². The number of anilines is 1. The van der Waals surface area contributed by atoms with E-state index < -0.39 is 34.7 Å². The number of ether oxygens (including phenoxy) is 4. The van der Waals surface area contributed by atoms with E-state index in [0.29, 0.717) is 25.2 Å². The summed E-state index contributed by atoms with van der Waals surface area (Å²) in [6.07, 6.45) is 8.15. The molecule has 0 bridgehead atoms. The van der Waals surface area contributed by atoms with E-state index in [-0.39, 0.29) is 141 Å². The molecule has 4 heterocycles. The zero-order chi connectivity index (χ0) is 68.5. The lowest BCUT2D eigenvalue weighted by molar-refractivity contribution is -0.117. The Morgan fingerprint density at radius 1 is 0.515 bits per heavy atom. The van der Waals surface area contributed by atoms with Crippen molar-refractivity contribution < 1.29 is 42.9 Å². The molecule has 0 spiro atoms. The number of amides is 4. The van der Waals surface area contributed by atoms with Gasteiger partial charge in [-0.05, 0) is 76.6 Å². The zero-order valence-electron chi connectivity index (χ0n) is 54.5. The van der Waals surface area contributed by atoms with Crippen LogP contribution in [0.3, 0.4) is 0 Å². The number of rotatable bonds is 34. The average Bonchev–Trinajstić information content (AvgIpc) is 0.868. The molecule has 3 aromatic heterocycles. The minimum atomic E-state index is -0.543. The van der Waals surface area contributed by atoms with E-state index >= 15 is 0 Å². The Labute approximate surface area is 562 Å². The maximum Gasteiger partial charge on any atom is 0.293 e. The van der Waals surface area contributed by atoms with Crippen LogP contribution in [0.5, 0.6) is 17.2 Å². The van der Waals surface area contributed by atoms with Gasteiger partial charge in [0.1, 0.15) is 26.4 Å². The lowest BCUT2D eigenvalue weighted by Gasteiger charge is -2.32. The van der Waals surface area contributed by atoms with Crippen LogP contribution in [0.15, 0.2) is 221 Å². The Hall–Kier alpha value is -11.5. The van der Waals surface area contributed by atoms with Crippen LogP contribution in [0.1, 0.15) is 58.9 Å². The Kier molecular flexibility index (Phi) is 25.3. The van der Waals surface area contributed by atoms with Gasteiger partial charge in [0.05, 0.1) is 22.3 Å². The van der Waals surface area contributed by atoms with Crippen molar-refractivity contribution in [3.8, 4) is 17.2 Å². The first-order chi connectivity index (χ1) is 47.1. The van der Waals surface area contributed by atoms with Crippen molar-refractivity contribution in [1.29, 1.82) is 5.41 Å². The van der Waals surface area contributed by atoms with E-state index in [1.165, 1.54) is 44.8 Å². The van der Waals surface area contributed by atoms with E-state index in [2.05, 4.69) is 36.1 Å². The molecular weight excluding hydrogens is 1230 g/mol. The van der Waals surface area contributed by atoms with Crippen LogP contribution in [-0.2, 0) is 61.3 Å². The maximum atomic E-state index is 14.3. The van der Waals surface area contributed by atoms with Crippen molar-refractivity contribution in [2.24, 2.45) is 20.0 Å². The fraction of sp³-hybridized carbons (Fsp3) is 0.257. The van der Waals surface area contributed by atoms with Crippen LogP contribution in [0.4, 0.5) is 5.69 Å². The Balaban J connectivity index is 0.990. The van der Waals surface area contributed by atoms with Crippen molar-refractivity contribution in [2.75, 3.05) is 78.2 Å². The van der Waals surface area contributed by atoms with Crippen molar-refractivity contribution in [3.05, 3.63) is 282 Å². The largest absolute Gasteiger partial charge is 0.485 e. The van der Waals surface area contributed by atoms with Gasteiger partial charge in [-0.2, -0.15) is 0 Å². The van der Waals surface area contributed by atoms with Gasteiger partial charge in [0.25, 0.3) is 34.7 Å². The third-order valence-corrected chi connectivity index (χ3v) is 16.0. The first-order valence-electron chi connectivity index (χ1n) is 31.8. The summed E-state index contributed by atoms with van der Waals surface area (Å²) in [5, 5.41) is 20.7. The quantitative estimate of drug-likeness (QED) is 0.0179. The van der Waals surface area contributed by atoms with Gasteiger partial charge in [0.2, 0.25) is 0 Å². The van der Waals surface area contributed by atoms with E-state index in [4.69, 9.17) is 30.1 Å². The van der Waals surface area contributed by atoms with E-state index in [1.54, 1.807) is 39.5 Å². The first-order valence-corrected chi connectivity index (χ1v) is 31.8. The lowest BCUT2D eigenvalue weighted by Crippen LogP contribution is -2.46. The highest BCUT2D eigenvalue weighted by Crippen LogP contribution is 2.26. The minimum absolute atomic E-state index is 0.0458. The molecule has 5 aromatic carbocycles. The van der Waals surface area contributed by atoms with Crippen LogP contribution in [-0.4, -0.2) is 131 Å². The van der Waals surface area contributed by atoms with Gasteiger partial charge in [-0.1, -0.05) is 133 Å². The van der Waals surface area contributed by atoms with Crippen molar-refractivity contribution in [2.45, 2.75) is 32.8 Å². The monoisotopic (exact) mass is 1310 g/mol. The molecule has 97 heavy (non-hydrogen) atoms. The fourth-order valence-corrected chi connectivity index (χ4v) is 10.8. The number of aryl methyl sites for hydroxylation is 2. The number of carbonyl (C=O) groups is 4. The van der Waals surface area contributed by atoms with E-state index in [9.17, 15) is 33.6 Å². The number of hydrogen-bond acceptors (Lipinski definition) is 16. The van der Waals surface area contributed by atoms with Gasteiger partial charge in [-0.25, -0.2) is 4.79 Å². The fourth-order valence-electron chi connectivity index (χ4n) is 10.8. The minimum Gasteiger partial charge on any atom is -0.485 e. The van der Waals surface area contributed by atoms with Crippen molar-refractivity contribution >= 4 is 35.3 Å². The van der Waals surface area contributed by atoms with Gasteiger partial charge in [-0.15, -0.1) is 0 Å². The predicted octanol–water partition coefficient (Wildman–Crippen LogP) is 6.03. The summed E-state index contributed by atoms with van der Waals surface area (Å²) in [6, 6.07) is 49.4. The normalized spacial score (nSPS) is 12.2. The Bertz CT molecular complexity index is 4160. The molecular formula is C74H80N12O11. The predicted molar refractivity (Wildman–Crippen MR) is 368 cm³/mol. The Morgan fingerprint density at radius 3 is 1.33 bits per heavy atom. The molecule has 502 valence electrons. The van der Waals surface area contributed by atoms with Crippen LogP contribution in [0.25, 0.3) is 0 Å². The molecule has 23 heteroatoms. The molecule has 8 N–H and O–H groups in total. The number of likely N-dealkylation sites (N-methyl/N-ethyl adjacent to an activating group) is 1. The summed E-state index contributed by atoms with van der Waals surface area (Å²) in [4.78, 5) is 105. The smallest absolute Gasteiger partial charge is 0.293 e. The highest BCUT2D eigenvalue weighted by molar-refractivity contribution is 5.99. The highest BCUT2D eigenvalue weighted by atomic mass is 16.5. The average molecular weight is 1310 g/mol. The van der Waals surface area contributed by atoms with Gasteiger partial charge in [0.15, 0.2) is 40.1 Å². The highest BCUT2D eigenvalue weighted by Gasteiger charge is 2.27. The summed E-state index contributed by atoms with van der Waals surface area (Å²) >= 11 is 0. The molecule has 4 amide bonds. The van der Waals surface area contributed by atoms with Gasteiger partial charge in [-0.3, -0.25) is 44.0 Å². The summed E-state index contributed by atoms with van der Waals surface area (Å²) < 4.78 is 27.0. The number of nitrogens with two attached hydrogens (primary N) is 1. The summed E-state index contributed by atoms with van der Waals surface area (Å²) in [5.41, 5.74) is 10.4. The molecule has 8 aromatic rings. The molecule has 1 aliphatic heterocycles. The summed E-state index contributed by atoms with van der Waals surface area (Å²) in [5.74, 6) is -0.464. The van der Waals surface area contributed by atoms with E-state index in [0.717, 1.165) is 27.8 Å². The second-order valence-corrected chi connectivity index (χ2v) is 23.2. The standard InChI is InChI=1S/C74H80N12O11/c1-82-37-29-60(64(63(82)47-87)94-48-53-16-8-4-9-17-53)70(89)79-34-41-85(40-33-78-69(88)59-28-32-77-68(76)65(59)95-49-54-18-10-5-11-19-54)45-57(44-52-24-26-58(75)27-25-52)46-86(42-35-80-71(90)61-30-38-83(2)73(92)66(61)96-50-55-20-12-6-13-21-55)43-36-81-72(91)62-31-39-84(3)74(93)67(62)97-51-56-22-14-7-15-23-56/h4-32,37-39,57H,33-36,40-46,48-51,75H2,1-3H3,(H2,76,77)(H,78,88)(H,79,89)(H,80,90)(H,81,91). The number of H-pyrrole nitrogens is 1. The molecule has 0 saturated carbocycles. The number of benzene rings is 5. The van der Waals surface area contributed by atoms with Crippen LogP contribution < -0.4 is 57.8 Å². The molecule has 1 aliphatic rings. The number of pyridine rings is 3. The third kappa shape index (κ3) is 20.0. The second-order valence-electron chi connectivity index (χ2n) is 23.2. The molecule has 9 rings (SSSR count). The number of aromatic nitrogens is 3. The molecule has 1 unspecified atom stereocenters. The third-order valence-electron chi connectivity index (χ3n) is 16.0. The van der Waals surface area contributed by atoms with Gasteiger partial charge < -0.3 is 65.0 Å². The summed E-state index contributed by atoms with van der Waals surface area (Å²) in [7, 11) is 4.81. The lowest BCUT2D eigenvalue weighted by atomic mass is 9.97. The number of nitrogen functional groups attached to an aromatic ring is 1. The second kappa shape index (κ2) is 35.1. The number of nitrogens with one attached hydrogen (secondary N) is 6. The summed E-state index contributed by atoms with van der Waals surface area (Å²) in [6.45, 7) is 2.33. The molecule has 23 nitrogen and oxygen atoms in total. The maximum absolute atomic E-state index is 14.3. The van der Waals surface area contributed by atoms with Gasteiger partial charge >= 0.3 is 0 Å². The number of aromatic amines is 1. The first kappa shape index (κ1) is 69.8. The van der Waals surface area contributed by atoms with Crippen LogP contribution >= 0.6 is 0 Å². The van der Waals surface area contributed by atoms with Crippen molar-refractivity contribution in [3.63, 3.8) is 0 Å². The topological polar surface area (TPSA) is 290 Å². The molecule has 0 saturated heterocycles. The molecule has 1 atom stereocenters. The SMILES string of the molecule is CN1C=CC(C(=O)NCCN(CCNC(=O)c2cc[nH]c(=N)c2OCc2ccccc2)CC(Cc2ccc(N)cc2)CN(CCNC(=O)c2ccn(C)c(=O)c2OCc2ccccc2)CCNC(=O)c2ccn(C)c(=O)c2OCc2ccccc2)=C(OCc2ccccc2)C1=C=O. The van der Waals surface area contributed by atoms with Crippen LogP contribution in [0.2, 0.25) is 0 Å². The number of hydrogen-bond donors (Lipinski definition) is 7. The van der Waals surface area contributed by atoms with E-state index in [1.807, 2.05) is 152 Å². The Morgan fingerprint density at radius 2 is 0.907 bits per heavy atom.